The topological polar surface area (TPSA) is 75.4 Å². The summed E-state index contributed by atoms with van der Waals surface area (Å²) < 4.78 is 0. The van der Waals surface area contributed by atoms with E-state index in [9.17, 15) is 9.59 Å². The number of carbonyl (C=O) groups excluding carboxylic acids is 2. The second-order valence-corrected chi connectivity index (χ2v) is 6.63. The van der Waals surface area contributed by atoms with E-state index in [0.29, 0.717) is 25.9 Å². The average Bonchev–Trinajstić information content (AvgIpc) is 2.90. The molecule has 2 aliphatic rings. The van der Waals surface area contributed by atoms with Crippen LogP contribution in [-0.4, -0.2) is 42.9 Å². The summed E-state index contributed by atoms with van der Waals surface area (Å²) in [4.78, 5) is 25.5. The Bertz CT molecular complexity index is 365. The van der Waals surface area contributed by atoms with E-state index in [-0.39, 0.29) is 17.2 Å². The normalized spacial score (nSPS) is 21.6. The van der Waals surface area contributed by atoms with Crippen molar-refractivity contribution in [1.82, 2.24) is 10.2 Å². The number of likely N-dealkylation sites (tertiary alicyclic amines) is 1. The highest BCUT2D eigenvalue weighted by Crippen LogP contribution is 2.38. The largest absolute Gasteiger partial charge is 0.356 e. The minimum absolute atomic E-state index is 0.0350. The lowest BCUT2D eigenvalue weighted by molar-refractivity contribution is -0.127. The SMILES string of the molecule is NCC1(CC(=O)NCCCN2CCCC2=O)CCCCC1. The lowest BCUT2D eigenvalue weighted by Crippen LogP contribution is -2.39. The first-order valence-corrected chi connectivity index (χ1v) is 8.40. The van der Waals surface area contributed by atoms with Crippen molar-refractivity contribution in [2.75, 3.05) is 26.2 Å². The fraction of sp³-hybridized carbons (Fsp3) is 0.875. The highest BCUT2D eigenvalue weighted by molar-refractivity contribution is 5.78. The summed E-state index contributed by atoms with van der Waals surface area (Å²) in [5.74, 6) is 0.376. The summed E-state index contributed by atoms with van der Waals surface area (Å²) >= 11 is 0. The van der Waals surface area contributed by atoms with Crippen LogP contribution in [0.5, 0.6) is 0 Å². The standard InChI is InChI=1S/C16H29N3O2/c17-13-16(7-2-1-3-8-16)12-14(20)18-9-5-11-19-10-4-6-15(19)21/h1-13,17H2,(H,18,20). The maximum absolute atomic E-state index is 12.1. The van der Waals surface area contributed by atoms with Gasteiger partial charge in [0.15, 0.2) is 0 Å². The van der Waals surface area contributed by atoms with Gasteiger partial charge in [-0.3, -0.25) is 9.59 Å². The van der Waals surface area contributed by atoms with Crippen molar-refractivity contribution < 1.29 is 9.59 Å². The van der Waals surface area contributed by atoms with Gasteiger partial charge in [0.25, 0.3) is 0 Å². The molecule has 120 valence electrons. The van der Waals surface area contributed by atoms with Gasteiger partial charge in [-0.15, -0.1) is 0 Å². The van der Waals surface area contributed by atoms with Crippen LogP contribution < -0.4 is 11.1 Å². The van der Waals surface area contributed by atoms with E-state index in [1.54, 1.807) is 0 Å². The van der Waals surface area contributed by atoms with Crippen LogP contribution in [0, 0.1) is 5.41 Å². The molecule has 5 nitrogen and oxygen atoms in total. The van der Waals surface area contributed by atoms with Gasteiger partial charge in [-0.2, -0.15) is 0 Å². The van der Waals surface area contributed by atoms with Crippen molar-refractivity contribution in [1.29, 1.82) is 0 Å². The van der Waals surface area contributed by atoms with E-state index in [4.69, 9.17) is 5.73 Å². The zero-order valence-corrected chi connectivity index (χ0v) is 13.0. The fourth-order valence-electron chi connectivity index (χ4n) is 3.60. The molecule has 0 atom stereocenters. The van der Waals surface area contributed by atoms with E-state index in [1.807, 2.05) is 4.90 Å². The maximum atomic E-state index is 12.1. The zero-order chi connectivity index (χ0) is 15.1. The van der Waals surface area contributed by atoms with Crippen molar-refractivity contribution >= 4 is 11.8 Å². The van der Waals surface area contributed by atoms with E-state index in [2.05, 4.69) is 5.32 Å². The first-order chi connectivity index (χ1) is 10.2. The molecule has 2 amide bonds. The fourth-order valence-corrected chi connectivity index (χ4v) is 3.60. The number of hydrogen-bond acceptors (Lipinski definition) is 3. The van der Waals surface area contributed by atoms with Gasteiger partial charge in [-0.25, -0.2) is 0 Å². The summed E-state index contributed by atoms with van der Waals surface area (Å²) in [7, 11) is 0. The lowest BCUT2D eigenvalue weighted by atomic mass is 9.71. The molecule has 0 aromatic carbocycles. The monoisotopic (exact) mass is 295 g/mol. The van der Waals surface area contributed by atoms with Crippen LogP contribution in [0.25, 0.3) is 0 Å². The third-order valence-corrected chi connectivity index (χ3v) is 4.98. The molecule has 0 spiro atoms. The number of hydrogen-bond donors (Lipinski definition) is 2. The molecule has 21 heavy (non-hydrogen) atoms. The van der Waals surface area contributed by atoms with Gasteiger partial charge in [0.05, 0.1) is 0 Å². The smallest absolute Gasteiger partial charge is 0.222 e. The minimum atomic E-state index is 0.0350. The molecule has 0 radical (unpaired) electrons. The molecule has 1 heterocycles. The predicted octanol–water partition coefficient (Wildman–Crippen LogP) is 1.41. The van der Waals surface area contributed by atoms with Crippen LogP contribution in [0.3, 0.4) is 0 Å². The van der Waals surface area contributed by atoms with Crippen molar-refractivity contribution in [2.45, 2.75) is 57.8 Å². The molecule has 1 aliphatic heterocycles. The Morgan fingerprint density at radius 1 is 1.24 bits per heavy atom. The summed E-state index contributed by atoms with van der Waals surface area (Å²) in [6, 6.07) is 0. The van der Waals surface area contributed by atoms with Crippen LogP contribution in [0.2, 0.25) is 0 Å². The summed E-state index contributed by atoms with van der Waals surface area (Å²) in [6.07, 6.45) is 8.89. The molecule has 1 saturated carbocycles. The molecule has 3 N–H and O–H groups in total. The van der Waals surface area contributed by atoms with Crippen LogP contribution >= 0.6 is 0 Å². The van der Waals surface area contributed by atoms with Gasteiger partial charge < -0.3 is 16.0 Å². The number of amides is 2. The highest BCUT2D eigenvalue weighted by Gasteiger charge is 2.32. The Hall–Kier alpha value is -1.10. The van der Waals surface area contributed by atoms with Gasteiger partial charge in [0, 0.05) is 32.5 Å². The van der Waals surface area contributed by atoms with Crippen LogP contribution in [0.4, 0.5) is 0 Å². The third-order valence-electron chi connectivity index (χ3n) is 4.98. The van der Waals surface area contributed by atoms with Gasteiger partial charge in [0.1, 0.15) is 0 Å². The number of nitrogens with zero attached hydrogens (tertiary/aromatic N) is 1. The highest BCUT2D eigenvalue weighted by atomic mass is 16.2. The summed E-state index contributed by atoms with van der Waals surface area (Å²) in [5, 5.41) is 3.00. The molecule has 1 aliphatic carbocycles. The molecule has 0 aromatic rings. The van der Waals surface area contributed by atoms with Crippen LogP contribution in [0.15, 0.2) is 0 Å². The molecular weight excluding hydrogens is 266 g/mol. The van der Waals surface area contributed by atoms with Crippen molar-refractivity contribution in [3.63, 3.8) is 0 Å². The Morgan fingerprint density at radius 3 is 2.62 bits per heavy atom. The molecule has 0 bridgehead atoms. The third kappa shape index (κ3) is 4.70. The summed E-state index contributed by atoms with van der Waals surface area (Å²) in [6.45, 7) is 2.91. The van der Waals surface area contributed by atoms with Crippen molar-refractivity contribution in [2.24, 2.45) is 11.1 Å². The van der Waals surface area contributed by atoms with E-state index >= 15 is 0 Å². The van der Waals surface area contributed by atoms with Gasteiger partial charge in [-0.05, 0) is 37.6 Å². The average molecular weight is 295 g/mol. The van der Waals surface area contributed by atoms with E-state index in [0.717, 1.165) is 38.8 Å². The van der Waals surface area contributed by atoms with E-state index < -0.39 is 0 Å². The second-order valence-electron chi connectivity index (χ2n) is 6.63. The van der Waals surface area contributed by atoms with Crippen LogP contribution in [-0.2, 0) is 9.59 Å². The molecule has 2 rings (SSSR count). The van der Waals surface area contributed by atoms with Crippen molar-refractivity contribution in [3.8, 4) is 0 Å². The second kappa shape index (κ2) is 7.78. The summed E-state index contributed by atoms with van der Waals surface area (Å²) in [5.41, 5.74) is 5.95. The molecular formula is C16H29N3O2. The Morgan fingerprint density at radius 2 is 2.00 bits per heavy atom. The number of rotatable bonds is 7. The Balaban J connectivity index is 1.63. The van der Waals surface area contributed by atoms with Crippen LogP contribution in [0.1, 0.15) is 57.8 Å². The number of nitrogens with one attached hydrogen (secondary N) is 1. The van der Waals surface area contributed by atoms with Crippen molar-refractivity contribution in [3.05, 3.63) is 0 Å². The number of nitrogens with two attached hydrogens (primary N) is 1. The quantitative estimate of drug-likeness (QED) is 0.697. The molecule has 0 unspecified atom stereocenters. The molecule has 0 aromatic heterocycles. The first kappa shape index (κ1) is 16.3. The Labute approximate surface area is 127 Å². The Kier molecular flexibility index (Phi) is 6.03. The molecule has 2 fully saturated rings. The number of carbonyl (C=O) groups is 2. The van der Waals surface area contributed by atoms with E-state index in [1.165, 1.54) is 19.3 Å². The van der Waals surface area contributed by atoms with Gasteiger partial charge in [0.2, 0.25) is 11.8 Å². The van der Waals surface area contributed by atoms with Gasteiger partial charge >= 0.3 is 0 Å². The molecule has 5 heteroatoms. The maximum Gasteiger partial charge on any atom is 0.222 e. The zero-order valence-electron chi connectivity index (χ0n) is 13.0. The lowest BCUT2D eigenvalue weighted by Gasteiger charge is -2.35. The first-order valence-electron chi connectivity index (χ1n) is 8.40. The minimum Gasteiger partial charge on any atom is -0.356 e. The predicted molar refractivity (Wildman–Crippen MR) is 82.6 cm³/mol. The van der Waals surface area contributed by atoms with Gasteiger partial charge in [-0.1, -0.05) is 19.3 Å². The molecule has 1 saturated heterocycles.